The van der Waals surface area contributed by atoms with Crippen LogP contribution in [0, 0.1) is 6.92 Å². The summed E-state index contributed by atoms with van der Waals surface area (Å²) in [6.45, 7) is 0.336. The molecule has 0 saturated carbocycles. The zero-order valence-electron chi connectivity index (χ0n) is 14.1. The van der Waals surface area contributed by atoms with Gasteiger partial charge >= 0.3 is 18.2 Å². The summed E-state index contributed by atoms with van der Waals surface area (Å²) < 4.78 is 33.3. The van der Waals surface area contributed by atoms with Gasteiger partial charge in [0.2, 0.25) is 0 Å². The number of thioether (sulfide) groups is 1. The first kappa shape index (κ1) is 19.8. The van der Waals surface area contributed by atoms with Gasteiger partial charge in [-0.2, -0.15) is 13.5 Å². The number of fused-ring (bicyclic) bond motifs is 1. The molecule has 0 bridgehead atoms. The van der Waals surface area contributed by atoms with Gasteiger partial charge in [-0.05, 0) is 26.0 Å². The van der Waals surface area contributed by atoms with Gasteiger partial charge in [-0.25, -0.2) is 14.3 Å². The van der Waals surface area contributed by atoms with E-state index in [1.807, 2.05) is 0 Å². The lowest BCUT2D eigenvalue weighted by Gasteiger charge is -2.02. The molecule has 12 heteroatoms. The Hall–Kier alpha value is -1.98. The van der Waals surface area contributed by atoms with E-state index in [0.717, 1.165) is 9.38 Å². The van der Waals surface area contributed by atoms with Crippen LogP contribution >= 0.6 is 34.7 Å². The molecule has 0 aliphatic heterocycles. The zero-order valence-corrected chi connectivity index (χ0v) is 16.5. The van der Waals surface area contributed by atoms with E-state index >= 15 is 0 Å². The molecule has 0 N–H and O–H groups in total. The van der Waals surface area contributed by atoms with Crippen LogP contribution in [0.3, 0.4) is 0 Å². The summed E-state index contributed by atoms with van der Waals surface area (Å²) >= 11 is 8.77. The van der Waals surface area contributed by atoms with Crippen molar-refractivity contribution in [3.8, 4) is 5.69 Å². The highest BCUT2D eigenvalue weighted by atomic mass is 35.5. The first-order chi connectivity index (χ1) is 12.8. The monoisotopic (exact) mass is 434 g/mol. The fourth-order valence-electron chi connectivity index (χ4n) is 2.32. The van der Waals surface area contributed by atoms with Crippen LogP contribution in [-0.2, 0) is 9.53 Å². The zero-order chi connectivity index (χ0) is 19.7. The number of aryl methyl sites for hydroxylation is 1. The number of hydrogen-bond donors (Lipinski definition) is 0. The number of alkyl halides is 2. The standard InChI is InChI=1S/C15H13ClF2N4O3S2/c1-3-25-12(23)6-26-14-19-9-5-10(8(16)4-11(9)27-14)22-15(24)21(13(17)18)7(2)20-22/h4-5,13H,3,6H2,1-2H3. The number of aromatic nitrogens is 4. The maximum absolute atomic E-state index is 13.0. The molecule has 0 amide bonds. The predicted octanol–water partition coefficient (Wildman–Crippen LogP) is 3.66. The number of hydrogen-bond acceptors (Lipinski definition) is 7. The van der Waals surface area contributed by atoms with Crippen LogP contribution in [0.15, 0.2) is 21.3 Å². The number of carbonyl (C=O) groups is 1. The molecule has 1 aromatic carbocycles. The highest BCUT2D eigenvalue weighted by Gasteiger charge is 2.20. The van der Waals surface area contributed by atoms with Crippen molar-refractivity contribution in [2.75, 3.05) is 12.4 Å². The molecule has 2 heterocycles. The minimum atomic E-state index is -3.00. The van der Waals surface area contributed by atoms with Crippen molar-refractivity contribution >= 4 is 50.9 Å². The first-order valence-electron chi connectivity index (χ1n) is 7.67. The van der Waals surface area contributed by atoms with Gasteiger partial charge < -0.3 is 4.74 Å². The molecule has 0 fully saturated rings. The van der Waals surface area contributed by atoms with Gasteiger partial charge in [0.25, 0.3) is 0 Å². The van der Waals surface area contributed by atoms with Gasteiger partial charge in [0.05, 0.1) is 33.3 Å². The Bertz CT molecular complexity index is 1060. The minimum Gasteiger partial charge on any atom is -0.465 e. The Morgan fingerprint density at radius 2 is 2.19 bits per heavy atom. The smallest absolute Gasteiger partial charge is 0.355 e. The molecule has 144 valence electrons. The van der Waals surface area contributed by atoms with E-state index in [1.54, 1.807) is 13.0 Å². The number of esters is 1. The second-order valence-corrected chi connectivity index (χ2v) is 7.89. The van der Waals surface area contributed by atoms with Crippen molar-refractivity contribution in [2.24, 2.45) is 0 Å². The van der Waals surface area contributed by atoms with Crippen molar-refractivity contribution in [3.63, 3.8) is 0 Å². The Balaban J connectivity index is 1.97. The van der Waals surface area contributed by atoms with Crippen LogP contribution in [-0.4, -0.2) is 37.7 Å². The molecule has 3 rings (SSSR count). The lowest BCUT2D eigenvalue weighted by atomic mass is 10.3. The van der Waals surface area contributed by atoms with Crippen LogP contribution in [0.4, 0.5) is 8.78 Å². The van der Waals surface area contributed by atoms with Gasteiger partial charge in [0.15, 0.2) is 4.34 Å². The van der Waals surface area contributed by atoms with E-state index < -0.39 is 12.2 Å². The van der Waals surface area contributed by atoms with E-state index in [0.29, 0.717) is 16.5 Å². The number of thiazole rings is 1. The Kier molecular flexibility index (Phi) is 5.82. The van der Waals surface area contributed by atoms with Gasteiger partial charge in [-0.15, -0.1) is 16.4 Å². The maximum Gasteiger partial charge on any atom is 0.355 e. The summed E-state index contributed by atoms with van der Waals surface area (Å²) in [6.07, 6.45) is 0. The topological polar surface area (TPSA) is 79.0 Å². The SMILES string of the molecule is CCOC(=O)CSc1nc2cc(-n3nc(C)n(C(F)F)c3=O)c(Cl)cc2s1. The largest absolute Gasteiger partial charge is 0.465 e. The van der Waals surface area contributed by atoms with Gasteiger partial charge in [0, 0.05) is 0 Å². The fraction of sp³-hybridized carbons (Fsp3) is 0.333. The summed E-state index contributed by atoms with van der Waals surface area (Å²) in [5.41, 5.74) is -0.318. The van der Waals surface area contributed by atoms with Crippen LogP contribution in [0.25, 0.3) is 15.9 Å². The van der Waals surface area contributed by atoms with Crippen LogP contribution in [0.2, 0.25) is 5.02 Å². The second kappa shape index (κ2) is 7.95. The summed E-state index contributed by atoms with van der Waals surface area (Å²) in [7, 11) is 0. The van der Waals surface area contributed by atoms with Crippen LogP contribution < -0.4 is 5.69 Å². The molecular formula is C15H13ClF2N4O3S2. The normalized spacial score (nSPS) is 11.5. The number of rotatable bonds is 6. The van der Waals surface area contributed by atoms with E-state index in [-0.39, 0.29) is 32.8 Å². The minimum absolute atomic E-state index is 0.117. The average molecular weight is 435 g/mol. The summed E-state index contributed by atoms with van der Waals surface area (Å²) in [4.78, 5) is 28.1. The third-order valence-electron chi connectivity index (χ3n) is 3.46. The number of halogens is 3. The van der Waals surface area contributed by atoms with Crippen molar-refractivity contribution in [3.05, 3.63) is 33.5 Å². The fourth-order valence-corrected chi connectivity index (χ4v) is 4.52. The van der Waals surface area contributed by atoms with Crippen molar-refractivity contribution < 1.29 is 18.3 Å². The molecule has 7 nitrogen and oxygen atoms in total. The number of benzene rings is 1. The third-order valence-corrected chi connectivity index (χ3v) is 5.90. The van der Waals surface area contributed by atoms with Gasteiger partial charge in [0.1, 0.15) is 5.82 Å². The molecule has 0 radical (unpaired) electrons. The summed E-state index contributed by atoms with van der Waals surface area (Å²) in [5, 5.41) is 4.04. The average Bonchev–Trinajstić information content (AvgIpc) is 3.12. The molecule has 0 aliphatic carbocycles. The molecule has 0 spiro atoms. The second-order valence-electron chi connectivity index (χ2n) is 5.23. The van der Waals surface area contributed by atoms with Gasteiger partial charge in [-0.3, -0.25) is 4.79 Å². The van der Waals surface area contributed by atoms with Gasteiger partial charge in [-0.1, -0.05) is 23.4 Å². The van der Waals surface area contributed by atoms with E-state index in [9.17, 15) is 18.4 Å². The highest BCUT2D eigenvalue weighted by molar-refractivity contribution is 8.01. The number of carbonyl (C=O) groups excluding carboxylic acids is 1. The van der Waals surface area contributed by atoms with Crippen molar-refractivity contribution in [1.82, 2.24) is 19.3 Å². The van der Waals surface area contributed by atoms with Crippen LogP contribution in [0.5, 0.6) is 0 Å². The Morgan fingerprint density at radius 1 is 1.44 bits per heavy atom. The quantitative estimate of drug-likeness (QED) is 0.435. The Labute approximate surface area is 164 Å². The van der Waals surface area contributed by atoms with E-state index in [1.165, 1.54) is 36.1 Å². The third kappa shape index (κ3) is 3.99. The lowest BCUT2D eigenvalue weighted by Crippen LogP contribution is -2.24. The molecule has 27 heavy (non-hydrogen) atoms. The number of nitrogens with zero attached hydrogens (tertiary/aromatic N) is 4. The molecule has 2 aromatic heterocycles. The lowest BCUT2D eigenvalue weighted by molar-refractivity contribution is -0.139. The highest BCUT2D eigenvalue weighted by Crippen LogP contribution is 2.34. The first-order valence-corrected chi connectivity index (χ1v) is 9.85. The van der Waals surface area contributed by atoms with Crippen LogP contribution in [0.1, 0.15) is 19.3 Å². The Morgan fingerprint density at radius 3 is 2.81 bits per heavy atom. The summed E-state index contributed by atoms with van der Waals surface area (Å²) in [6, 6.07) is 3.09. The number of ether oxygens (including phenoxy) is 1. The maximum atomic E-state index is 13.0. The molecule has 3 aromatic rings. The molecule has 0 unspecified atom stereocenters. The molecule has 0 aliphatic rings. The van der Waals surface area contributed by atoms with Crippen molar-refractivity contribution in [1.29, 1.82) is 0 Å². The molecule has 0 saturated heterocycles. The predicted molar refractivity (Wildman–Crippen MR) is 99.4 cm³/mol. The summed E-state index contributed by atoms with van der Waals surface area (Å²) in [5.74, 6) is -0.360. The molecular weight excluding hydrogens is 422 g/mol. The van der Waals surface area contributed by atoms with E-state index in [4.69, 9.17) is 16.3 Å². The van der Waals surface area contributed by atoms with Crippen molar-refractivity contribution in [2.45, 2.75) is 24.7 Å². The molecule has 0 atom stereocenters. The van der Waals surface area contributed by atoms with E-state index in [2.05, 4.69) is 10.1 Å².